The maximum Gasteiger partial charge on any atom is 0.250 e. The minimum atomic E-state index is -0.922. The number of aliphatic hydroxyl groups is 1. The summed E-state index contributed by atoms with van der Waals surface area (Å²) in [6.07, 6.45) is 2.40. The number of tetrazole rings is 1. The summed E-state index contributed by atoms with van der Waals surface area (Å²) in [6, 6.07) is 9.80. The summed E-state index contributed by atoms with van der Waals surface area (Å²) >= 11 is 0. The highest BCUT2D eigenvalue weighted by molar-refractivity contribution is 5.41. The molecule has 3 heterocycles. The Hall–Kier alpha value is -2.03. The maximum atomic E-state index is 11.2. The van der Waals surface area contributed by atoms with Crippen LogP contribution in [0.25, 0.3) is 5.69 Å². The Kier molecular flexibility index (Phi) is 4.65. The Morgan fingerprint density at radius 3 is 2.72 bits per heavy atom. The van der Waals surface area contributed by atoms with Crippen LogP contribution in [0, 0.1) is 0 Å². The lowest BCUT2D eigenvalue weighted by atomic mass is 10.0. The van der Waals surface area contributed by atoms with Crippen molar-refractivity contribution in [2.75, 3.05) is 50.8 Å². The quantitative estimate of drug-likeness (QED) is 0.856. The van der Waals surface area contributed by atoms with Gasteiger partial charge in [-0.2, -0.15) is 4.68 Å². The van der Waals surface area contributed by atoms with Crippen LogP contribution in [0.3, 0.4) is 0 Å². The van der Waals surface area contributed by atoms with Gasteiger partial charge in [-0.05, 0) is 48.5 Å². The minimum absolute atomic E-state index is 0.340. The highest BCUT2D eigenvalue weighted by atomic mass is 16.5. The van der Waals surface area contributed by atoms with Gasteiger partial charge in [-0.25, -0.2) is 0 Å². The third-order valence-electron chi connectivity index (χ3n) is 4.81. The molecular formula is C17H24N6O2. The van der Waals surface area contributed by atoms with Crippen molar-refractivity contribution in [2.24, 2.45) is 0 Å². The van der Waals surface area contributed by atoms with Gasteiger partial charge < -0.3 is 19.6 Å². The van der Waals surface area contributed by atoms with E-state index in [1.165, 1.54) is 12.8 Å². The molecule has 1 atom stereocenters. The lowest BCUT2D eigenvalue weighted by Gasteiger charge is -2.34. The molecule has 2 fully saturated rings. The van der Waals surface area contributed by atoms with Crippen LogP contribution in [0.1, 0.15) is 12.8 Å². The van der Waals surface area contributed by atoms with Crippen molar-refractivity contribution < 1.29 is 9.84 Å². The van der Waals surface area contributed by atoms with Crippen molar-refractivity contribution in [3.63, 3.8) is 0 Å². The molecule has 0 bridgehead atoms. The van der Waals surface area contributed by atoms with Gasteiger partial charge in [0.1, 0.15) is 5.60 Å². The van der Waals surface area contributed by atoms with Crippen molar-refractivity contribution in [2.45, 2.75) is 18.4 Å². The Morgan fingerprint density at radius 2 is 1.92 bits per heavy atom. The fourth-order valence-electron chi connectivity index (χ4n) is 3.66. The minimum Gasteiger partial charge on any atom is -0.384 e. The van der Waals surface area contributed by atoms with Crippen LogP contribution in [0.2, 0.25) is 0 Å². The fourth-order valence-corrected chi connectivity index (χ4v) is 3.66. The molecule has 8 nitrogen and oxygen atoms in total. The number of benzene rings is 1. The first-order chi connectivity index (χ1) is 12.2. The second-order valence-corrected chi connectivity index (χ2v) is 6.91. The maximum absolute atomic E-state index is 11.2. The molecule has 0 spiro atoms. The first-order valence-electron chi connectivity index (χ1n) is 8.85. The van der Waals surface area contributed by atoms with Gasteiger partial charge in [-0.15, -0.1) is 0 Å². The molecule has 0 aliphatic carbocycles. The average Bonchev–Trinajstić information content (AvgIpc) is 3.27. The molecule has 0 radical (unpaired) electrons. The Balaban J connectivity index is 1.56. The summed E-state index contributed by atoms with van der Waals surface area (Å²) in [5.41, 5.74) is -0.0235. The molecule has 134 valence electrons. The zero-order chi connectivity index (χ0) is 17.1. The van der Waals surface area contributed by atoms with Crippen LogP contribution in [-0.2, 0) is 4.74 Å². The number of ether oxygens (including phenoxy) is 1. The first kappa shape index (κ1) is 16.4. The van der Waals surface area contributed by atoms with E-state index in [0.29, 0.717) is 38.8 Å². The molecule has 0 amide bonds. The van der Waals surface area contributed by atoms with E-state index in [1.807, 2.05) is 35.2 Å². The monoisotopic (exact) mass is 344 g/mol. The number of likely N-dealkylation sites (tertiary alicyclic amines) is 1. The van der Waals surface area contributed by atoms with Gasteiger partial charge in [-0.1, -0.05) is 23.3 Å². The van der Waals surface area contributed by atoms with E-state index >= 15 is 0 Å². The topological polar surface area (TPSA) is 79.5 Å². The summed E-state index contributed by atoms with van der Waals surface area (Å²) in [6.45, 7) is 4.70. The van der Waals surface area contributed by atoms with Crippen LogP contribution in [0.15, 0.2) is 30.3 Å². The molecule has 0 saturated carbocycles. The molecule has 2 aliphatic heterocycles. The first-order valence-corrected chi connectivity index (χ1v) is 8.85. The van der Waals surface area contributed by atoms with E-state index < -0.39 is 5.60 Å². The molecule has 4 rings (SSSR count). The van der Waals surface area contributed by atoms with E-state index in [2.05, 4.69) is 20.4 Å². The van der Waals surface area contributed by atoms with Crippen molar-refractivity contribution in [3.05, 3.63) is 30.3 Å². The predicted octanol–water partition coefficient (Wildman–Crippen LogP) is 0.326. The number of para-hydroxylation sites is 1. The average molecular weight is 344 g/mol. The lowest BCUT2D eigenvalue weighted by molar-refractivity contribution is -0.0440. The number of hydrogen-bond donors (Lipinski definition) is 1. The molecule has 2 aliphatic rings. The third kappa shape index (κ3) is 3.65. The Bertz CT molecular complexity index is 687. The van der Waals surface area contributed by atoms with Crippen molar-refractivity contribution >= 4 is 5.95 Å². The second kappa shape index (κ2) is 7.07. The van der Waals surface area contributed by atoms with Gasteiger partial charge in [0, 0.05) is 13.1 Å². The molecule has 2 aromatic rings. The van der Waals surface area contributed by atoms with E-state index in [0.717, 1.165) is 18.8 Å². The normalized spacial score (nSPS) is 25.2. The number of aromatic nitrogens is 4. The summed E-state index contributed by atoms with van der Waals surface area (Å²) in [7, 11) is 0. The van der Waals surface area contributed by atoms with Gasteiger partial charge in [0.2, 0.25) is 0 Å². The fraction of sp³-hybridized carbons (Fsp3) is 0.588. The molecule has 1 aromatic carbocycles. The molecule has 1 N–H and O–H groups in total. The van der Waals surface area contributed by atoms with Gasteiger partial charge in [0.05, 0.1) is 25.4 Å². The zero-order valence-electron chi connectivity index (χ0n) is 14.3. The van der Waals surface area contributed by atoms with E-state index in [-0.39, 0.29) is 0 Å². The summed E-state index contributed by atoms with van der Waals surface area (Å²) in [5.74, 6) is 0.636. The molecule has 8 heteroatoms. The highest BCUT2D eigenvalue weighted by Crippen LogP contribution is 2.22. The molecule has 2 saturated heterocycles. The summed E-state index contributed by atoms with van der Waals surface area (Å²) in [5, 5.41) is 23.3. The molecule has 25 heavy (non-hydrogen) atoms. The van der Waals surface area contributed by atoms with E-state index in [1.54, 1.807) is 4.68 Å². The van der Waals surface area contributed by atoms with Gasteiger partial charge >= 0.3 is 0 Å². The van der Waals surface area contributed by atoms with Crippen LogP contribution < -0.4 is 4.90 Å². The summed E-state index contributed by atoms with van der Waals surface area (Å²) < 4.78 is 7.41. The number of hydrogen-bond acceptors (Lipinski definition) is 7. The van der Waals surface area contributed by atoms with Crippen LogP contribution in [0.4, 0.5) is 5.95 Å². The Morgan fingerprint density at radius 1 is 1.12 bits per heavy atom. The number of rotatable bonds is 4. The Labute approximate surface area is 147 Å². The lowest BCUT2D eigenvalue weighted by Crippen LogP contribution is -2.52. The highest BCUT2D eigenvalue weighted by Gasteiger charge is 2.36. The smallest absolute Gasteiger partial charge is 0.250 e. The van der Waals surface area contributed by atoms with Crippen molar-refractivity contribution in [3.8, 4) is 5.69 Å². The third-order valence-corrected chi connectivity index (χ3v) is 4.81. The number of nitrogens with zero attached hydrogens (tertiary/aromatic N) is 6. The van der Waals surface area contributed by atoms with Gasteiger partial charge in [0.25, 0.3) is 5.95 Å². The SMILES string of the molecule is O[C@]1(CN2CCCC2)COCCN(c2nnnn2-c2ccccc2)C1. The van der Waals surface area contributed by atoms with Gasteiger partial charge in [0.15, 0.2) is 0 Å². The molecular weight excluding hydrogens is 320 g/mol. The zero-order valence-corrected chi connectivity index (χ0v) is 14.3. The van der Waals surface area contributed by atoms with Crippen LogP contribution in [-0.4, -0.2) is 81.8 Å². The van der Waals surface area contributed by atoms with Crippen molar-refractivity contribution in [1.82, 2.24) is 25.1 Å². The van der Waals surface area contributed by atoms with E-state index in [9.17, 15) is 5.11 Å². The van der Waals surface area contributed by atoms with Crippen LogP contribution in [0.5, 0.6) is 0 Å². The largest absolute Gasteiger partial charge is 0.384 e. The van der Waals surface area contributed by atoms with Crippen molar-refractivity contribution in [1.29, 1.82) is 0 Å². The van der Waals surface area contributed by atoms with Crippen LogP contribution >= 0.6 is 0 Å². The second-order valence-electron chi connectivity index (χ2n) is 6.91. The molecule has 1 aromatic heterocycles. The van der Waals surface area contributed by atoms with E-state index in [4.69, 9.17) is 4.74 Å². The number of anilines is 1. The molecule has 0 unspecified atom stereocenters. The predicted molar refractivity (Wildman–Crippen MR) is 92.8 cm³/mol. The van der Waals surface area contributed by atoms with Gasteiger partial charge in [-0.3, -0.25) is 0 Å². The standard InChI is InChI=1S/C17H24N6O2/c24-17(12-21-8-4-5-9-21)13-22(10-11-25-14-17)16-18-19-20-23(16)15-6-2-1-3-7-15/h1-3,6-7,24H,4-5,8-14H2/t17-/m0/s1. The number of β-amino-alcohol motifs (C(OH)–C–C–N with tert-alkyl or cyclic N) is 1. The summed E-state index contributed by atoms with van der Waals surface area (Å²) in [4.78, 5) is 4.34.